The number of allylic oxidation sites excluding steroid dienone is 5. The summed E-state index contributed by atoms with van der Waals surface area (Å²) in [5, 5.41) is 27.2. The summed E-state index contributed by atoms with van der Waals surface area (Å²) in [7, 11) is 1.99. The largest absolute Gasteiger partial charge is 0.350 e. The molecular weight excluding hydrogens is 591 g/mol. The highest BCUT2D eigenvalue weighted by molar-refractivity contribution is 7.15. The second kappa shape index (κ2) is 15.7. The Morgan fingerprint density at radius 3 is 2.07 bits per heavy atom. The van der Waals surface area contributed by atoms with E-state index < -0.39 is 0 Å². The first-order valence-corrected chi connectivity index (χ1v) is 16.7. The predicted octanol–water partition coefficient (Wildman–Crippen LogP) is 7.94. The summed E-state index contributed by atoms with van der Waals surface area (Å²) in [6.45, 7) is 10.1. The fourth-order valence-electron chi connectivity index (χ4n) is 5.31. The van der Waals surface area contributed by atoms with Crippen LogP contribution in [0.1, 0.15) is 87.7 Å². The van der Waals surface area contributed by atoms with Crippen molar-refractivity contribution in [2.75, 3.05) is 10.6 Å². The Morgan fingerprint density at radius 2 is 1.50 bits per heavy atom. The zero-order chi connectivity index (χ0) is 31.6. The lowest BCUT2D eigenvalue weighted by Crippen LogP contribution is -2.14. The molecule has 0 saturated carbocycles. The van der Waals surface area contributed by atoms with Crippen LogP contribution in [0.3, 0.4) is 0 Å². The summed E-state index contributed by atoms with van der Waals surface area (Å²) in [6, 6.07) is 8.07. The van der Waals surface area contributed by atoms with Gasteiger partial charge in [-0.2, -0.15) is 0 Å². The summed E-state index contributed by atoms with van der Waals surface area (Å²) < 4.78 is 2.04. The fraction of sp³-hybridized carbons (Fsp3) is 0.394. The first-order valence-electron chi connectivity index (χ1n) is 15.0. The van der Waals surface area contributed by atoms with E-state index in [0.717, 1.165) is 56.9 Å². The fourth-order valence-corrected chi connectivity index (χ4v) is 7.22. The molecule has 0 aliphatic carbocycles. The number of hydrogen-bond acceptors (Lipinski definition) is 8. The zero-order valence-electron chi connectivity index (χ0n) is 26.3. The van der Waals surface area contributed by atoms with Gasteiger partial charge in [0.05, 0.1) is 12.8 Å². The molecule has 44 heavy (non-hydrogen) atoms. The molecule has 2 N–H and O–H groups in total. The van der Waals surface area contributed by atoms with Crippen molar-refractivity contribution in [1.82, 2.24) is 25.0 Å². The van der Waals surface area contributed by atoms with Gasteiger partial charge in [0.2, 0.25) is 22.1 Å². The maximum Gasteiger partial charge on any atom is 0.230 e. The van der Waals surface area contributed by atoms with Crippen LogP contribution in [0.2, 0.25) is 0 Å². The molecule has 0 spiro atoms. The molecule has 232 valence electrons. The lowest BCUT2D eigenvalue weighted by Gasteiger charge is -2.17. The number of carbonyl (C=O) groups excluding carboxylic acids is 2. The van der Waals surface area contributed by atoms with Crippen LogP contribution in [-0.2, 0) is 23.1 Å². The maximum atomic E-state index is 12.9. The minimum atomic E-state index is -0.118. The van der Waals surface area contributed by atoms with Gasteiger partial charge in [-0.3, -0.25) is 9.59 Å². The number of amides is 2. The number of aryl methyl sites for hydroxylation is 1. The lowest BCUT2D eigenvalue weighted by atomic mass is 9.91. The Labute approximate surface area is 267 Å². The Morgan fingerprint density at radius 1 is 0.886 bits per heavy atom. The van der Waals surface area contributed by atoms with E-state index in [1.165, 1.54) is 22.7 Å². The number of fused-ring (bicyclic) bond motifs is 1. The third-order valence-corrected chi connectivity index (χ3v) is 9.69. The minimum Gasteiger partial charge on any atom is -0.350 e. The summed E-state index contributed by atoms with van der Waals surface area (Å²) in [4.78, 5) is 25.7. The first-order chi connectivity index (χ1) is 21.3. The summed E-state index contributed by atoms with van der Waals surface area (Å²) in [6.07, 6.45) is 13.1. The van der Waals surface area contributed by atoms with Crippen molar-refractivity contribution >= 4 is 55.7 Å². The number of aromatic nitrogens is 5. The second-order valence-corrected chi connectivity index (χ2v) is 12.6. The van der Waals surface area contributed by atoms with Crippen LogP contribution in [0, 0.1) is 0 Å². The summed E-state index contributed by atoms with van der Waals surface area (Å²) >= 11 is 2.85. The van der Waals surface area contributed by atoms with Gasteiger partial charge in [0, 0.05) is 36.0 Å². The summed E-state index contributed by atoms with van der Waals surface area (Å²) in [5.41, 5.74) is 4.07. The molecule has 3 aromatic heterocycles. The smallest absolute Gasteiger partial charge is 0.230 e. The van der Waals surface area contributed by atoms with Crippen LogP contribution in [0.4, 0.5) is 10.3 Å². The van der Waals surface area contributed by atoms with Crippen LogP contribution < -0.4 is 10.6 Å². The number of anilines is 2. The van der Waals surface area contributed by atoms with Crippen LogP contribution in [0.15, 0.2) is 65.9 Å². The van der Waals surface area contributed by atoms with Crippen molar-refractivity contribution in [2.24, 2.45) is 7.05 Å². The number of hydrogen-bond donors (Lipinski definition) is 2. The molecule has 2 amide bonds. The van der Waals surface area contributed by atoms with Crippen molar-refractivity contribution in [3.63, 3.8) is 0 Å². The van der Waals surface area contributed by atoms with E-state index >= 15 is 0 Å². The normalized spacial score (nSPS) is 13.9. The molecule has 0 aliphatic rings. The Hall–Kier alpha value is -3.96. The van der Waals surface area contributed by atoms with E-state index in [1.54, 1.807) is 0 Å². The molecule has 2 atom stereocenters. The molecule has 4 aromatic rings. The molecule has 0 bridgehead atoms. The van der Waals surface area contributed by atoms with Gasteiger partial charge < -0.3 is 15.2 Å². The van der Waals surface area contributed by atoms with Crippen molar-refractivity contribution in [3.8, 4) is 0 Å². The average molecular weight is 632 g/mol. The highest BCUT2D eigenvalue weighted by Crippen LogP contribution is 2.38. The van der Waals surface area contributed by atoms with Crippen LogP contribution in [0.25, 0.3) is 10.9 Å². The van der Waals surface area contributed by atoms with Gasteiger partial charge in [0.1, 0.15) is 10.0 Å². The van der Waals surface area contributed by atoms with E-state index in [4.69, 9.17) is 0 Å². The molecule has 0 saturated heterocycles. The van der Waals surface area contributed by atoms with E-state index in [9.17, 15) is 9.59 Å². The molecule has 3 heterocycles. The van der Waals surface area contributed by atoms with Crippen LogP contribution in [0.5, 0.6) is 0 Å². The monoisotopic (exact) mass is 631 g/mol. The number of benzene rings is 1. The molecule has 0 fully saturated rings. The lowest BCUT2D eigenvalue weighted by molar-refractivity contribution is -0.116. The molecule has 0 aliphatic heterocycles. The van der Waals surface area contributed by atoms with Gasteiger partial charge in [0.25, 0.3) is 0 Å². The number of para-hydroxylation sites is 1. The van der Waals surface area contributed by atoms with E-state index in [2.05, 4.69) is 44.9 Å². The van der Waals surface area contributed by atoms with E-state index in [1.807, 2.05) is 87.2 Å². The van der Waals surface area contributed by atoms with Gasteiger partial charge in [0.15, 0.2) is 0 Å². The maximum absolute atomic E-state index is 12.9. The van der Waals surface area contributed by atoms with Crippen molar-refractivity contribution in [2.45, 2.75) is 78.6 Å². The topological polar surface area (TPSA) is 115 Å². The molecule has 1 aromatic carbocycles. The predicted molar refractivity (Wildman–Crippen MR) is 181 cm³/mol. The minimum absolute atomic E-state index is 0.114. The van der Waals surface area contributed by atoms with E-state index in [-0.39, 0.29) is 36.5 Å². The zero-order valence-corrected chi connectivity index (χ0v) is 27.9. The molecule has 4 rings (SSSR count). The molecule has 2 unspecified atom stereocenters. The third kappa shape index (κ3) is 8.15. The van der Waals surface area contributed by atoms with Crippen molar-refractivity contribution in [3.05, 3.63) is 81.5 Å². The SMILES string of the molecule is CC=CC(=CC)C(=CC)CC(=O)Nc1nnc(C(CC)CC(CC)c2nnc(NC(=O)Cc3cn(C)c4ccccc34)s2)s1. The standard InChI is InChI=1S/C33H41N7O2S2/c1-7-14-21(8-2)22(9-3)18-28(41)34-32-38-36-30(43-32)23(10-4)17-24(11-5)31-37-39-33(44-31)35-29(42)19-25-20-40(6)27-16-13-12-15-26(25)27/h7-9,12-16,20,23-24H,10-11,17-19H2,1-6H3,(H,34,38,41)(H,35,39,42). The van der Waals surface area contributed by atoms with Crippen molar-refractivity contribution < 1.29 is 9.59 Å². The van der Waals surface area contributed by atoms with Gasteiger partial charge in [-0.1, -0.05) is 79.0 Å². The van der Waals surface area contributed by atoms with Crippen molar-refractivity contribution in [1.29, 1.82) is 0 Å². The highest BCUT2D eigenvalue weighted by atomic mass is 32.1. The number of nitrogens with one attached hydrogen (secondary N) is 2. The second-order valence-electron chi connectivity index (χ2n) is 10.6. The molecule has 11 heteroatoms. The average Bonchev–Trinajstić information content (AvgIpc) is 3.75. The molecule has 0 radical (unpaired) electrons. The number of carbonyl (C=O) groups is 2. The van der Waals surface area contributed by atoms with Crippen LogP contribution in [-0.4, -0.2) is 36.8 Å². The first kappa shape index (κ1) is 32.9. The third-order valence-electron chi connectivity index (χ3n) is 7.69. The number of rotatable bonds is 14. The Balaban J connectivity index is 1.36. The van der Waals surface area contributed by atoms with Gasteiger partial charge in [-0.05, 0) is 62.8 Å². The van der Waals surface area contributed by atoms with Gasteiger partial charge in [-0.15, -0.1) is 20.4 Å². The van der Waals surface area contributed by atoms with Gasteiger partial charge in [-0.25, -0.2) is 0 Å². The molecule has 9 nitrogen and oxygen atoms in total. The van der Waals surface area contributed by atoms with Crippen LogP contribution >= 0.6 is 22.7 Å². The summed E-state index contributed by atoms with van der Waals surface area (Å²) in [5.74, 6) is 0.0865. The van der Waals surface area contributed by atoms with Gasteiger partial charge >= 0.3 is 0 Å². The highest BCUT2D eigenvalue weighted by Gasteiger charge is 2.24. The Bertz CT molecular complexity index is 1680. The quantitative estimate of drug-likeness (QED) is 0.137. The molecular formula is C33H41N7O2S2. The van der Waals surface area contributed by atoms with E-state index in [0.29, 0.717) is 10.3 Å². The number of nitrogens with zero attached hydrogens (tertiary/aromatic N) is 5. The Kier molecular flexibility index (Phi) is 11.7.